The normalized spacial score (nSPS) is 10.2. The van der Waals surface area contributed by atoms with Gasteiger partial charge < -0.3 is 10.1 Å². The van der Waals surface area contributed by atoms with E-state index in [-0.39, 0.29) is 11.1 Å². The van der Waals surface area contributed by atoms with E-state index in [1.807, 2.05) is 13.8 Å². The van der Waals surface area contributed by atoms with Gasteiger partial charge in [-0.25, -0.2) is 4.39 Å². The van der Waals surface area contributed by atoms with Crippen molar-refractivity contribution in [2.75, 3.05) is 5.32 Å². The molecule has 0 heterocycles. The highest BCUT2D eigenvalue weighted by Gasteiger charge is 2.09. The minimum atomic E-state index is -0.434. The number of ether oxygens (including phenoxy) is 1. The lowest BCUT2D eigenvalue weighted by Crippen LogP contribution is -2.06. The molecule has 2 nitrogen and oxygen atoms in total. The smallest absolute Gasteiger partial charge is 0.148 e. The molecule has 0 aromatic heterocycles. The molecular formula is C11H13ClFNO. The molecule has 0 amide bonds. The van der Waals surface area contributed by atoms with Gasteiger partial charge in [-0.05, 0) is 26.1 Å². The van der Waals surface area contributed by atoms with Crippen LogP contribution in [0.2, 0.25) is 5.02 Å². The van der Waals surface area contributed by atoms with Crippen molar-refractivity contribution in [1.29, 1.82) is 0 Å². The van der Waals surface area contributed by atoms with Crippen LogP contribution in [-0.4, -0.2) is 6.10 Å². The minimum Gasteiger partial charge on any atom is -0.489 e. The van der Waals surface area contributed by atoms with Crippen molar-refractivity contribution in [1.82, 2.24) is 0 Å². The Labute approximate surface area is 93.7 Å². The molecule has 0 unspecified atom stereocenters. The molecule has 0 aliphatic carbocycles. The zero-order valence-corrected chi connectivity index (χ0v) is 9.44. The van der Waals surface area contributed by atoms with Gasteiger partial charge in [0.25, 0.3) is 0 Å². The minimum absolute atomic E-state index is 0.00968. The molecule has 0 bridgehead atoms. The molecule has 0 aliphatic heterocycles. The monoisotopic (exact) mass is 229 g/mol. The molecule has 0 atom stereocenters. The molecule has 1 rings (SSSR count). The lowest BCUT2D eigenvalue weighted by Gasteiger charge is -2.13. The predicted molar refractivity (Wildman–Crippen MR) is 61.0 cm³/mol. The second kappa shape index (κ2) is 5.03. The van der Waals surface area contributed by atoms with Crippen LogP contribution in [-0.2, 0) is 0 Å². The number of anilines is 1. The van der Waals surface area contributed by atoms with Gasteiger partial charge in [-0.1, -0.05) is 18.2 Å². The summed E-state index contributed by atoms with van der Waals surface area (Å²) in [5.74, 6) is 0.0217. The number of hydrogen-bond donors (Lipinski definition) is 1. The first-order chi connectivity index (χ1) is 7.04. The summed E-state index contributed by atoms with van der Waals surface area (Å²) in [6.45, 7) is 7.21. The lowest BCUT2D eigenvalue weighted by atomic mass is 10.3. The van der Waals surface area contributed by atoms with Crippen LogP contribution in [0.25, 0.3) is 0 Å². The summed E-state index contributed by atoms with van der Waals surface area (Å²) in [6, 6.07) is 2.73. The molecule has 0 saturated heterocycles. The van der Waals surface area contributed by atoms with E-state index in [2.05, 4.69) is 11.9 Å². The highest BCUT2D eigenvalue weighted by molar-refractivity contribution is 6.32. The molecule has 1 aromatic rings. The standard InChI is InChI=1S/C11H13ClFNO/c1-4-14-10-6-11(15-7(2)3)8(12)5-9(10)13/h4-7,14H,1H2,2-3H3. The summed E-state index contributed by atoms with van der Waals surface area (Å²) in [6.07, 6.45) is 1.38. The highest BCUT2D eigenvalue weighted by Crippen LogP contribution is 2.31. The summed E-state index contributed by atoms with van der Waals surface area (Å²) < 4.78 is 18.7. The highest BCUT2D eigenvalue weighted by atomic mass is 35.5. The van der Waals surface area contributed by atoms with Crippen LogP contribution in [0.5, 0.6) is 5.75 Å². The molecular weight excluding hydrogens is 217 g/mol. The second-order valence-corrected chi connectivity index (χ2v) is 3.68. The Balaban J connectivity index is 3.05. The Kier molecular flexibility index (Phi) is 3.97. The third-order valence-electron chi connectivity index (χ3n) is 1.64. The molecule has 1 N–H and O–H groups in total. The number of nitrogens with one attached hydrogen (secondary N) is 1. The average Bonchev–Trinajstić information content (AvgIpc) is 2.12. The number of benzene rings is 1. The molecule has 1 aromatic carbocycles. The van der Waals surface area contributed by atoms with Gasteiger partial charge in [-0.2, -0.15) is 0 Å². The van der Waals surface area contributed by atoms with Crippen molar-refractivity contribution in [2.45, 2.75) is 20.0 Å². The van der Waals surface area contributed by atoms with Crippen LogP contribution in [0, 0.1) is 5.82 Å². The molecule has 0 fully saturated rings. The fourth-order valence-corrected chi connectivity index (χ4v) is 1.29. The molecule has 82 valence electrons. The topological polar surface area (TPSA) is 21.3 Å². The fourth-order valence-electron chi connectivity index (χ4n) is 1.09. The Morgan fingerprint density at radius 1 is 1.53 bits per heavy atom. The quantitative estimate of drug-likeness (QED) is 0.848. The molecule has 0 aliphatic rings. The van der Waals surface area contributed by atoms with Gasteiger partial charge in [0.05, 0.1) is 16.8 Å². The van der Waals surface area contributed by atoms with E-state index >= 15 is 0 Å². The van der Waals surface area contributed by atoms with E-state index < -0.39 is 5.82 Å². The van der Waals surface area contributed by atoms with Gasteiger partial charge in [0.2, 0.25) is 0 Å². The summed E-state index contributed by atoms with van der Waals surface area (Å²) in [5.41, 5.74) is 0.296. The van der Waals surface area contributed by atoms with Crippen molar-refractivity contribution in [3.05, 3.63) is 35.8 Å². The SMILES string of the molecule is C=CNc1cc(OC(C)C)c(Cl)cc1F. The van der Waals surface area contributed by atoms with Gasteiger partial charge >= 0.3 is 0 Å². The Hall–Kier alpha value is -1.22. The molecule has 15 heavy (non-hydrogen) atoms. The van der Waals surface area contributed by atoms with Gasteiger partial charge in [0.15, 0.2) is 0 Å². The Morgan fingerprint density at radius 3 is 2.73 bits per heavy atom. The number of rotatable bonds is 4. The van der Waals surface area contributed by atoms with Gasteiger partial charge in [0, 0.05) is 6.07 Å². The van der Waals surface area contributed by atoms with Crippen molar-refractivity contribution < 1.29 is 9.13 Å². The van der Waals surface area contributed by atoms with Crippen LogP contribution in [0.1, 0.15) is 13.8 Å². The second-order valence-electron chi connectivity index (χ2n) is 3.28. The summed E-state index contributed by atoms with van der Waals surface area (Å²) in [4.78, 5) is 0. The first-order valence-corrected chi connectivity index (χ1v) is 4.95. The van der Waals surface area contributed by atoms with Gasteiger partial charge in [-0.15, -0.1) is 0 Å². The first-order valence-electron chi connectivity index (χ1n) is 4.57. The van der Waals surface area contributed by atoms with E-state index in [0.717, 1.165) is 0 Å². The molecule has 0 saturated carbocycles. The first kappa shape index (κ1) is 11.9. The van der Waals surface area contributed by atoms with Crippen molar-refractivity contribution in [3.63, 3.8) is 0 Å². The molecule has 0 spiro atoms. The third kappa shape index (κ3) is 3.13. The van der Waals surface area contributed by atoms with Crippen molar-refractivity contribution in [2.24, 2.45) is 0 Å². The van der Waals surface area contributed by atoms with Crippen LogP contribution in [0.15, 0.2) is 24.9 Å². The van der Waals surface area contributed by atoms with E-state index in [4.69, 9.17) is 16.3 Å². The van der Waals surface area contributed by atoms with Gasteiger partial charge in [-0.3, -0.25) is 0 Å². The fraction of sp³-hybridized carbons (Fsp3) is 0.273. The molecule has 0 radical (unpaired) electrons. The summed E-state index contributed by atoms with van der Waals surface area (Å²) in [7, 11) is 0. The van der Waals surface area contributed by atoms with Gasteiger partial charge in [0.1, 0.15) is 11.6 Å². The van der Waals surface area contributed by atoms with E-state index in [0.29, 0.717) is 11.4 Å². The van der Waals surface area contributed by atoms with Crippen molar-refractivity contribution in [3.8, 4) is 5.75 Å². The third-order valence-corrected chi connectivity index (χ3v) is 1.94. The maximum atomic E-state index is 13.3. The zero-order chi connectivity index (χ0) is 11.4. The van der Waals surface area contributed by atoms with E-state index in [9.17, 15) is 4.39 Å². The summed E-state index contributed by atoms with van der Waals surface area (Å²) >= 11 is 5.83. The maximum absolute atomic E-state index is 13.3. The Morgan fingerprint density at radius 2 is 2.20 bits per heavy atom. The van der Waals surface area contributed by atoms with Crippen LogP contribution in [0.3, 0.4) is 0 Å². The average molecular weight is 230 g/mol. The van der Waals surface area contributed by atoms with Crippen LogP contribution in [0.4, 0.5) is 10.1 Å². The van der Waals surface area contributed by atoms with Crippen molar-refractivity contribution >= 4 is 17.3 Å². The Bertz CT molecular complexity index is 366. The summed E-state index contributed by atoms with van der Waals surface area (Å²) in [5, 5.41) is 2.93. The van der Waals surface area contributed by atoms with Crippen LogP contribution < -0.4 is 10.1 Å². The van der Waals surface area contributed by atoms with Crippen LogP contribution >= 0.6 is 11.6 Å². The number of halogens is 2. The predicted octanol–water partition coefficient (Wildman–Crippen LogP) is 3.82. The lowest BCUT2D eigenvalue weighted by molar-refractivity contribution is 0.242. The largest absolute Gasteiger partial charge is 0.489 e. The maximum Gasteiger partial charge on any atom is 0.148 e. The molecule has 4 heteroatoms. The van der Waals surface area contributed by atoms with E-state index in [1.54, 1.807) is 0 Å². The zero-order valence-electron chi connectivity index (χ0n) is 8.68. The van der Waals surface area contributed by atoms with E-state index in [1.165, 1.54) is 18.3 Å². The number of hydrogen-bond acceptors (Lipinski definition) is 2.